The number of benzene rings is 2. The lowest BCUT2D eigenvalue weighted by atomic mass is 9.98. The molecule has 340 valence electrons. The zero-order valence-corrected chi connectivity index (χ0v) is 37.6. The second-order valence-corrected chi connectivity index (χ2v) is 16.7. The van der Waals surface area contributed by atoms with Gasteiger partial charge in [0.15, 0.2) is 18.4 Å². The van der Waals surface area contributed by atoms with Crippen LogP contribution in [0.4, 0.5) is 11.4 Å². The van der Waals surface area contributed by atoms with Crippen LogP contribution in [0.2, 0.25) is 0 Å². The van der Waals surface area contributed by atoms with Crippen LogP contribution < -0.4 is 14.5 Å². The van der Waals surface area contributed by atoms with Gasteiger partial charge in [-0.15, -0.1) is 0 Å². The van der Waals surface area contributed by atoms with Gasteiger partial charge in [0.25, 0.3) is 0 Å². The first kappa shape index (κ1) is 49.6. The number of aromatic hydroxyl groups is 1. The summed E-state index contributed by atoms with van der Waals surface area (Å²) in [5, 5.41) is 41.3. The Balaban J connectivity index is 0.000000278. The molecule has 15 heteroatoms. The molecular weight excluding hydrogens is 801 g/mol. The maximum atomic E-state index is 13.3. The predicted molar refractivity (Wildman–Crippen MR) is 236 cm³/mol. The normalized spacial score (nSPS) is 29.9. The van der Waals surface area contributed by atoms with Crippen molar-refractivity contribution in [2.75, 3.05) is 51.9 Å². The molecule has 1 unspecified atom stereocenters. The van der Waals surface area contributed by atoms with Gasteiger partial charge >= 0.3 is 11.9 Å². The van der Waals surface area contributed by atoms with Crippen molar-refractivity contribution in [2.45, 2.75) is 103 Å². The van der Waals surface area contributed by atoms with Gasteiger partial charge in [-0.25, -0.2) is 9.59 Å². The number of ketones is 1. The molecule has 0 radical (unpaired) electrons. The van der Waals surface area contributed by atoms with Crippen LogP contribution in [0.15, 0.2) is 60.7 Å². The fraction of sp³-hybridized carbons (Fsp3) is 0.511. The fourth-order valence-electron chi connectivity index (χ4n) is 6.76. The third-order valence-electron chi connectivity index (χ3n) is 10.8. The molecule has 15 nitrogen and oxygen atoms in total. The fourth-order valence-corrected chi connectivity index (χ4v) is 6.76. The van der Waals surface area contributed by atoms with E-state index in [0.717, 1.165) is 5.69 Å². The van der Waals surface area contributed by atoms with Crippen molar-refractivity contribution in [1.82, 2.24) is 0 Å². The van der Waals surface area contributed by atoms with E-state index in [0.29, 0.717) is 34.5 Å². The third kappa shape index (κ3) is 13.0. The summed E-state index contributed by atoms with van der Waals surface area (Å²) in [6, 6.07) is 6.89. The van der Waals surface area contributed by atoms with E-state index in [-0.39, 0.29) is 42.5 Å². The van der Waals surface area contributed by atoms with Crippen LogP contribution in [-0.2, 0) is 28.5 Å². The number of hydrogen-bond donors (Lipinski definition) is 4. The maximum absolute atomic E-state index is 13.3. The first-order chi connectivity index (χ1) is 29.1. The van der Waals surface area contributed by atoms with E-state index in [2.05, 4.69) is 0 Å². The van der Waals surface area contributed by atoms with Gasteiger partial charge in [-0.3, -0.25) is 4.79 Å². The summed E-state index contributed by atoms with van der Waals surface area (Å²) in [5.74, 6) is -2.87. The van der Waals surface area contributed by atoms with E-state index in [4.69, 9.17) is 28.4 Å². The summed E-state index contributed by atoms with van der Waals surface area (Å²) in [4.78, 5) is 41.7. The summed E-state index contributed by atoms with van der Waals surface area (Å²) in [5.41, 5.74) is 2.96. The first-order valence-electron chi connectivity index (χ1n) is 20.7. The highest BCUT2D eigenvalue weighted by Crippen LogP contribution is 2.36. The van der Waals surface area contributed by atoms with Crippen LogP contribution in [0.25, 0.3) is 12.2 Å². The van der Waals surface area contributed by atoms with E-state index in [1.807, 2.05) is 71.0 Å². The molecule has 0 spiro atoms. The minimum atomic E-state index is -1.55. The Morgan fingerprint density at radius 1 is 0.726 bits per heavy atom. The van der Waals surface area contributed by atoms with Crippen LogP contribution in [-0.4, -0.2) is 129 Å². The summed E-state index contributed by atoms with van der Waals surface area (Å²) in [7, 11) is 8.96. The minimum absolute atomic E-state index is 0.00306. The van der Waals surface area contributed by atoms with Crippen molar-refractivity contribution in [3.8, 4) is 11.5 Å². The lowest BCUT2D eigenvalue weighted by Gasteiger charge is -2.23. The lowest BCUT2D eigenvalue weighted by Crippen LogP contribution is -2.34. The van der Waals surface area contributed by atoms with Crippen molar-refractivity contribution in [1.29, 1.82) is 0 Å². The minimum Gasteiger partial charge on any atom is -0.507 e. The molecule has 0 amide bonds. The molecule has 3 aliphatic heterocycles. The number of cyclic esters (lactones) is 2. The number of nitrogens with zero attached hydrogens (tertiary/aromatic N) is 2. The van der Waals surface area contributed by atoms with Gasteiger partial charge in [0.05, 0.1) is 12.2 Å². The average Bonchev–Trinajstić information content (AvgIpc) is 3.52. The van der Waals surface area contributed by atoms with Crippen LogP contribution in [0.5, 0.6) is 11.5 Å². The summed E-state index contributed by atoms with van der Waals surface area (Å²) in [6.45, 7) is 10.9. The Morgan fingerprint density at radius 3 is 1.87 bits per heavy atom. The number of rotatable bonds is 5. The van der Waals surface area contributed by atoms with E-state index in [1.54, 1.807) is 57.1 Å². The van der Waals surface area contributed by atoms with E-state index < -0.39 is 60.1 Å². The standard InChI is InChI=1S/C26H37NO7.C21H27NO6/c1-16-11-12-20(28)24-21(33-26(3,4)34-24)10-8-9-18-13-19(27(5)6)14-22(31-15-30-7)23(18)25(29)32-17(16)2;1-12-8-9-17(24)20(26)16(23)7-5-6-14-10-15(22(3)4)11-18(25)19(14)21(27)28-13(12)2/h8-9,11-14,16-17,20-21,24,28H,10,15H2,1-7H3;5-6,8-13,16,20,23,25-26H,7H2,1-4H3/b9-8+,12-11-;6-5+,9-8-/t16-,17+,20?,21+,24-;12-,13+,16+,20+/m11/s1. The van der Waals surface area contributed by atoms with Crippen LogP contribution >= 0.6 is 0 Å². The molecule has 3 heterocycles. The van der Waals surface area contributed by atoms with Crippen molar-refractivity contribution in [2.24, 2.45) is 11.8 Å². The number of hydrogen-bond acceptors (Lipinski definition) is 15. The topological polar surface area (TPSA) is 194 Å². The summed E-state index contributed by atoms with van der Waals surface area (Å²) in [6.07, 6.45) is 8.02. The number of phenols is 1. The van der Waals surface area contributed by atoms with Crippen molar-refractivity contribution < 1.29 is 63.2 Å². The third-order valence-corrected chi connectivity index (χ3v) is 10.8. The summed E-state index contributed by atoms with van der Waals surface area (Å²) < 4.78 is 34.2. The van der Waals surface area contributed by atoms with Gasteiger partial charge in [-0.1, -0.05) is 56.4 Å². The number of carbonyl (C=O) groups is 3. The highest BCUT2D eigenvalue weighted by Gasteiger charge is 2.43. The van der Waals surface area contributed by atoms with Crippen LogP contribution in [0.1, 0.15) is 86.2 Å². The van der Waals surface area contributed by atoms with Gasteiger partial charge in [0.1, 0.15) is 53.1 Å². The number of carbonyl (C=O) groups excluding carboxylic acids is 3. The molecule has 62 heavy (non-hydrogen) atoms. The molecule has 5 rings (SSSR count). The highest BCUT2D eigenvalue weighted by atomic mass is 16.8. The molecule has 0 aromatic heterocycles. The van der Waals surface area contributed by atoms with E-state index in [1.165, 1.54) is 31.4 Å². The maximum Gasteiger partial charge on any atom is 0.342 e. The Hall–Kier alpha value is -5.03. The van der Waals surface area contributed by atoms with E-state index in [9.17, 15) is 34.8 Å². The van der Waals surface area contributed by atoms with Gasteiger partial charge in [-0.2, -0.15) is 0 Å². The Labute approximate surface area is 364 Å². The van der Waals surface area contributed by atoms with Gasteiger partial charge in [0.2, 0.25) is 0 Å². The molecule has 0 bridgehead atoms. The van der Waals surface area contributed by atoms with E-state index >= 15 is 0 Å². The molecule has 2 aromatic rings. The number of phenolic OH excluding ortho intramolecular Hbond substituents is 1. The number of esters is 2. The Morgan fingerprint density at radius 2 is 1.27 bits per heavy atom. The summed E-state index contributed by atoms with van der Waals surface area (Å²) >= 11 is 0. The molecule has 1 fully saturated rings. The second-order valence-electron chi connectivity index (χ2n) is 16.7. The van der Waals surface area contributed by atoms with Crippen molar-refractivity contribution in [3.05, 3.63) is 83.0 Å². The molecule has 3 aliphatic rings. The molecule has 9 atom stereocenters. The SMILES string of the molecule is COCOc1cc(N(C)C)cc2c1C(=O)O[C@@H](C)[C@H](C)/C=C\C(O)[C@H]1OC(C)(C)O[C@H]1C/C=C/2.C[C@@H]1/C=C\C(=O)[C@@H](O)[C@@H](O)C/C=C/c2cc(N(C)C)cc(O)c2C(=O)O[C@H]1C. The second kappa shape index (κ2) is 21.9. The smallest absolute Gasteiger partial charge is 0.342 e. The number of aliphatic hydroxyl groups is 3. The molecular formula is C47H64N2O13. The molecule has 4 N–H and O–H groups in total. The number of methoxy groups -OCH3 is 1. The zero-order valence-electron chi connectivity index (χ0n) is 37.6. The van der Waals surface area contributed by atoms with Gasteiger partial charge in [-0.05, 0) is 69.9 Å². The monoisotopic (exact) mass is 864 g/mol. The quantitative estimate of drug-likeness (QED) is 0.163. The largest absolute Gasteiger partial charge is 0.507 e. The van der Waals surface area contributed by atoms with Crippen LogP contribution in [0, 0.1) is 11.8 Å². The van der Waals surface area contributed by atoms with Gasteiger partial charge < -0.3 is 58.6 Å². The lowest BCUT2D eigenvalue weighted by molar-refractivity contribution is -0.152. The number of ether oxygens (including phenoxy) is 6. The molecule has 1 saturated heterocycles. The average molecular weight is 865 g/mol. The predicted octanol–water partition coefficient (Wildman–Crippen LogP) is 5.67. The number of fused-ring (bicyclic) bond motifs is 3. The molecule has 0 saturated carbocycles. The first-order valence-corrected chi connectivity index (χ1v) is 20.7. The number of aliphatic hydroxyl groups excluding tert-OH is 3. The van der Waals surface area contributed by atoms with Crippen molar-refractivity contribution in [3.63, 3.8) is 0 Å². The Bertz CT molecular complexity index is 2000. The van der Waals surface area contributed by atoms with Crippen molar-refractivity contribution >= 4 is 41.2 Å². The zero-order chi connectivity index (χ0) is 46.1. The Kier molecular flexibility index (Phi) is 17.5. The highest BCUT2D eigenvalue weighted by molar-refractivity contribution is 5.99. The molecule has 2 aromatic carbocycles. The number of anilines is 2. The van der Waals surface area contributed by atoms with Gasteiger partial charge in [0, 0.05) is 70.6 Å². The molecule has 0 aliphatic carbocycles. The van der Waals surface area contributed by atoms with Crippen LogP contribution in [0.3, 0.4) is 0 Å².